The van der Waals surface area contributed by atoms with E-state index in [9.17, 15) is 4.79 Å². The molecule has 0 radical (unpaired) electrons. The monoisotopic (exact) mass is 302 g/mol. The summed E-state index contributed by atoms with van der Waals surface area (Å²) in [5, 5.41) is 2.73. The van der Waals surface area contributed by atoms with Gasteiger partial charge in [-0.15, -0.1) is 11.3 Å². The highest BCUT2D eigenvalue weighted by Gasteiger charge is 2.29. The average molecular weight is 302 g/mol. The van der Waals surface area contributed by atoms with Gasteiger partial charge in [0.1, 0.15) is 10.7 Å². The molecule has 1 aliphatic heterocycles. The second-order valence-electron chi connectivity index (χ2n) is 5.35. The number of aromatic nitrogens is 1. The van der Waals surface area contributed by atoms with Gasteiger partial charge in [0.2, 0.25) is 0 Å². The van der Waals surface area contributed by atoms with Crippen LogP contribution in [0.25, 0.3) is 10.6 Å². The van der Waals surface area contributed by atoms with Crippen LogP contribution in [0.1, 0.15) is 24.3 Å². The van der Waals surface area contributed by atoms with E-state index in [1.165, 1.54) is 11.3 Å². The molecule has 0 spiro atoms. The molecule has 5 heteroatoms. The van der Waals surface area contributed by atoms with Crippen molar-refractivity contribution in [2.75, 3.05) is 13.2 Å². The standard InChI is InChI=1S/C16H18N2O2S/c1-11-9-20-12(2)8-18(11)16(19)14-10-21-15(17-14)13-6-4-3-5-7-13/h3-7,10-12H,8-9H2,1-2H3. The fourth-order valence-corrected chi connectivity index (χ4v) is 3.22. The molecular weight excluding hydrogens is 284 g/mol. The first-order valence-electron chi connectivity index (χ1n) is 7.08. The van der Waals surface area contributed by atoms with Crippen molar-refractivity contribution in [1.29, 1.82) is 0 Å². The molecule has 0 bridgehead atoms. The number of rotatable bonds is 2. The summed E-state index contributed by atoms with van der Waals surface area (Å²) in [7, 11) is 0. The molecule has 1 amide bonds. The number of hydrogen-bond acceptors (Lipinski definition) is 4. The minimum Gasteiger partial charge on any atom is -0.375 e. The van der Waals surface area contributed by atoms with Gasteiger partial charge in [-0.3, -0.25) is 4.79 Å². The third kappa shape index (κ3) is 2.99. The molecule has 1 aromatic heterocycles. The van der Waals surface area contributed by atoms with E-state index in [0.29, 0.717) is 18.8 Å². The third-order valence-electron chi connectivity index (χ3n) is 3.61. The SMILES string of the molecule is CC1CN(C(=O)c2csc(-c3ccccc3)n2)C(C)CO1. The highest BCUT2D eigenvalue weighted by atomic mass is 32.1. The molecule has 4 nitrogen and oxygen atoms in total. The summed E-state index contributed by atoms with van der Waals surface area (Å²) >= 11 is 1.51. The average Bonchev–Trinajstić information content (AvgIpc) is 3.00. The summed E-state index contributed by atoms with van der Waals surface area (Å²) in [6.07, 6.45) is 0.0809. The lowest BCUT2D eigenvalue weighted by molar-refractivity contribution is -0.0388. The smallest absolute Gasteiger partial charge is 0.273 e. The molecule has 1 saturated heterocycles. The number of carbonyl (C=O) groups excluding carboxylic acids is 1. The fourth-order valence-electron chi connectivity index (χ4n) is 2.42. The van der Waals surface area contributed by atoms with Crippen LogP contribution in [0.15, 0.2) is 35.7 Å². The topological polar surface area (TPSA) is 42.4 Å². The first-order valence-corrected chi connectivity index (χ1v) is 7.96. The van der Waals surface area contributed by atoms with E-state index in [1.807, 2.05) is 54.5 Å². The zero-order valence-corrected chi connectivity index (χ0v) is 13.0. The summed E-state index contributed by atoms with van der Waals surface area (Å²) in [6, 6.07) is 10.0. The lowest BCUT2D eigenvalue weighted by Crippen LogP contribution is -2.50. The Kier molecular flexibility index (Phi) is 4.03. The van der Waals surface area contributed by atoms with Gasteiger partial charge in [0.05, 0.1) is 18.8 Å². The van der Waals surface area contributed by atoms with Crippen LogP contribution in [0, 0.1) is 0 Å². The maximum atomic E-state index is 12.6. The number of carbonyl (C=O) groups is 1. The molecule has 0 saturated carbocycles. The van der Waals surface area contributed by atoms with Gasteiger partial charge in [0.15, 0.2) is 0 Å². The molecule has 21 heavy (non-hydrogen) atoms. The van der Waals surface area contributed by atoms with Crippen LogP contribution < -0.4 is 0 Å². The van der Waals surface area contributed by atoms with E-state index >= 15 is 0 Å². The van der Waals surface area contributed by atoms with Crippen molar-refractivity contribution in [1.82, 2.24) is 9.88 Å². The molecule has 1 fully saturated rings. The molecule has 0 N–H and O–H groups in total. The van der Waals surface area contributed by atoms with E-state index in [4.69, 9.17) is 4.74 Å². The summed E-state index contributed by atoms with van der Waals surface area (Å²) in [5.74, 6) is -0.00363. The largest absolute Gasteiger partial charge is 0.375 e. The lowest BCUT2D eigenvalue weighted by Gasteiger charge is -2.36. The summed E-state index contributed by atoms with van der Waals surface area (Å²) in [5.41, 5.74) is 1.57. The van der Waals surface area contributed by atoms with E-state index in [2.05, 4.69) is 4.98 Å². The van der Waals surface area contributed by atoms with Gasteiger partial charge < -0.3 is 9.64 Å². The van der Waals surface area contributed by atoms with Crippen molar-refractivity contribution >= 4 is 17.2 Å². The molecule has 110 valence electrons. The lowest BCUT2D eigenvalue weighted by atomic mass is 10.2. The van der Waals surface area contributed by atoms with Gasteiger partial charge in [-0.2, -0.15) is 0 Å². The Morgan fingerprint density at radius 3 is 2.86 bits per heavy atom. The number of amides is 1. The van der Waals surface area contributed by atoms with Gasteiger partial charge in [-0.25, -0.2) is 4.98 Å². The van der Waals surface area contributed by atoms with E-state index in [1.54, 1.807) is 0 Å². The zero-order valence-electron chi connectivity index (χ0n) is 12.2. The summed E-state index contributed by atoms with van der Waals surface area (Å²) in [4.78, 5) is 19.0. The second-order valence-corrected chi connectivity index (χ2v) is 6.21. The van der Waals surface area contributed by atoms with E-state index < -0.39 is 0 Å². The van der Waals surface area contributed by atoms with Gasteiger partial charge >= 0.3 is 0 Å². The number of morpholine rings is 1. The van der Waals surface area contributed by atoms with E-state index in [-0.39, 0.29) is 18.1 Å². The summed E-state index contributed by atoms with van der Waals surface area (Å²) in [6.45, 7) is 5.21. The van der Waals surface area contributed by atoms with Gasteiger partial charge in [0.25, 0.3) is 5.91 Å². The van der Waals surface area contributed by atoms with Crippen LogP contribution in [0.2, 0.25) is 0 Å². The van der Waals surface area contributed by atoms with Gasteiger partial charge in [0, 0.05) is 17.5 Å². The van der Waals surface area contributed by atoms with Crippen LogP contribution in [0.3, 0.4) is 0 Å². The van der Waals surface area contributed by atoms with Crippen molar-refractivity contribution in [2.45, 2.75) is 26.0 Å². The Labute approximate surface area is 128 Å². The number of benzene rings is 1. The Balaban J connectivity index is 1.81. The van der Waals surface area contributed by atoms with Crippen molar-refractivity contribution in [3.8, 4) is 10.6 Å². The van der Waals surface area contributed by atoms with Crippen molar-refractivity contribution in [3.05, 3.63) is 41.4 Å². The van der Waals surface area contributed by atoms with Crippen LogP contribution in [0.5, 0.6) is 0 Å². The number of ether oxygens (including phenoxy) is 1. The molecule has 2 heterocycles. The zero-order chi connectivity index (χ0) is 14.8. The molecule has 1 aliphatic rings. The van der Waals surface area contributed by atoms with Crippen molar-refractivity contribution in [3.63, 3.8) is 0 Å². The first-order chi connectivity index (χ1) is 10.1. The molecule has 0 aliphatic carbocycles. The minimum atomic E-state index is -0.00363. The van der Waals surface area contributed by atoms with Gasteiger partial charge in [-0.05, 0) is 13.8 Å². The number of nitrogens with zero attached hydrogens (tertiary/aromatic N) is 2. The Morgan fingerprint density at radius 1 is 1.33 bits per heavy atom. The van der Waals surface area contributed by atoms with Crippen LogP contribution in [0.4, 0.5) is 0 Å². The highest BCUT2D eigenvalue weighted by molar-refractivity contribution is 7.13. The Hall–Kier alpha value is -1.72. The number of thiazole rings is 1. The molecular formula is C16H18N2O2S. The van der Waals surface area contributed by atoms with Crippen molar-refractivity contribution < 1.29 is 9.53 Å². The predicted molar refractivity (Wildman–Crippen MR) is 83.5 cm³/mol. The van der Waals surface area contributed by atoms with E-state index in [0.717, 1.165) is 10.6 Å². The Morgan fingerprint density at radius 2 is 2.10 bits per heavy atom. The molecule has 1 aromatic carbocycles. The van der Waals surface area contributed by atoms with Crippen LogP contribution in [-0.4, -0.2) is 41.1 Å². The molecule has 2 aromatic rings. The maximum Gasteiger partial charge on any atom is 0.273 e. The normalized spacial score (nSPS) is 22.3. The van der Waals surface area contributed by atoms with Crippen LogP contribution in [-0.2, 0) is 4.74 Å². The van der Waals surface area contributed by atoms with Crippen LogP contribution >= 0.6 is 11.3 Å². The predicted octanol–water partition coefficient (Wildman–Crippen LogP) is 3.06. The maximum absolute atomic E-state index is 12.6. The Bertz CT molecular complexity index is 626. The quantitative estimate of drug-likeness (QED) is 0.856. The fraction of sp³-hybridized carbons (Fsp3) is 0.375. The third-order valence-corrected chi connectivity index (χ3v) is 4.50. The highest BCUT2D eigenvalue weighted by Crippen LogP contribution is 2.24. The molecule has 2 atom stereocenters. The van der Waals surface area contributed by atoms with Crippen molar-refractivity contribution in [2.24, 2.45) is 0 Å². The second kappa shape index (κ2) is 5.95. The number of hydrogen-bond donors (Lipinski definition) is 0. The molecule has 3 rings (SSSR count). The first kappa shape index (κ1) is 14.2. The summed E-state index contributed by atoms with van der Waals surface area (Å²) < 4.78 is 5.57. The minimum absolute atomic E-state index is 0.00363. The molecule has 2 unspecified atom stereocenters. The van der Waals surface area contributed by atoms with Gasteiger partial charge in [-0.1, -0.05) is 30.3 Å².